The second-order valence-corrected chi connectivity index (χ2v) is 1.84. The average Bonchev–Trinajstić information content (AvgIpc) is 1.89. The molecular formula is C6H9NO2. The molecule has 1 aliphatic rings. The summed E-state index contributed by atoms with van der Waals surface area (Å²) in [6.45, 7) is 4.74. The van der Waals surface area contributed by atoms with E-state index in [0.717, 1.165) is 13.0 Å². The van der Waals surface area contributed by atoms with E-state index in [-0.39, 0.29) is 6.09 Å². The van der Waals surface area contributed by atoms with Gasteiger partial charge in [0.15, 0.2) is 0 Å². The van der Waals surface area contributed by atoms with Crippen LogP contribution in [0.5, 0.6) is 0 Å². The minimum atomic E-state index is -0.281. The van der Waals surface area contributed by atoms with Crippen LogP contribution in [0.15, 0.2) is 12.8 Å². The van der Waals surface area contributed by atoms with Crippen molar-refractivity contribution >= 4 is 6.09 Å². The Bertz CT molecular complexity index is 133. The van der Waals surface area contributed by atoms with Crippen molar-refractivity contribution in [3.63, 3.8) is 0 Å². The van der Waals surface area contributed by atoms with Crippen LogP contribution < -0.4 is 0 Å². The molecule has 1 amide bonds. The maximum Gasteiger partial charge on any atom is 0.413 e. The Balaban J connectivity index is 2.48. The van der Waals surface area contributed by atoms with Crippen LogP contribution in [0.1, 0.15) is 6.42 Å². The third kappa shape index (κ3) is 1.22. The lowest BCUT2D eigenvalue weighted by molar-refractivity contribution is 0.0905. The summed E-state index contributed by atoms with van der Waals surface area (Å²) in [6, 6.07) is 0. The van der Waals surface area contributed by atoms with E-state index >= 15 is 0 Å². The minimum Gasteiger partial charge on any atom is -0.449 e. The molecule has 3 heteroatoms. The molecule has 0 aromatic heterocycles. The highest BCUT2D eigenvalue weighted by molar-refractivity contribution is 5.69. The largest absolute Gasteiger partial charge is 0.449 e. The van der Waals surface area contributed by atoms with Gasteiger partial charge < -0.3 is 4.74 Å². The van der Waals surface area contributed by atoms with Crippen molar-refractivity contribution in [2.45, 2.75) is 6.42 Å². The molecule has 1 saturated heterocycles. The number of carbonyl (C=O) groups is 1. The molecule has 0 aromatic rings. The molecule has 1 rings (SSSR count). The highest BCUT2D eigenvalue weighted by atomic mass is 16.6. The van der Waals surface area contributed by atoms with Gasteiger partial charge in [0.05, 0.1) is 6.61 Å². The highest BCUT2D eigenvalue weighted by Crippen LogP contribution is 2.03. The number of cyclic esters (lactones) is 1. The number of nitrogens with zero attached hydrogens (tertiary/aromatic N) is 1. The molecule has 0 saturated carbocycles. The van der Waals surface area contributed by atoms with Crippen LogP contribution in [-0.2, 0) is 4.74 Å². The molecule has 1 fully saturated rings. The molecule has 0 aromatic carbocycles. The fraction of sp³-hybridized carbons (Fsp3) is 0.500. The van der Waals surface area contributed by atoms with E-state index in [4.69, 9.17) is 4.74 Å². The van der Waals surface area contributed by atoms with E-state index in [2.05, 4.69) is 6.58 Å². The summed E-state index contributed by atoms with van der Waals surface area (Å²) in [7, 11) is 0. The van der Waals surface area contributed by atoms with Crippen LogP contribution in [0.25, 0.3) is 0 Å². The molecule has 1 aliphatic heterocycles. The molecule has 50 valence electrons. The highest BCUT2D eigenvalue weighted by Gasteiger charge is 2.15. The third-order valence-corrected chi connectivity index (χ3v) is 1.22. The number of hydrogen-bond donors (Lipinski definition) is 0. The molecule has 0 aliphatic carbocycles. The van der Waals surface area contributed by atoms with Crippen LogP contribution in [0, 0.1) is 0 Å². The summed E-state index contributed by atoms with van der Waals surface area (Å²) in [5.41, 5.74) is 0. The summed E-state index contributed by atoms with van der Waals surface area (Å²) in [6.07, 6.45) is 2.11. The predicted octanol–water partition coefficient (Wildman–Crippen LogP) is 0.972. The Hall–Kier alpha value is -0.990. The topological polar surface area (TPSA) is 29.5 Å². The van der Waals surface area contributed by atoms with Crippen molar-refractivity contribution in [1.82, 2.24) is 4.90 Å². The quantitative estimate of drug-likeness (QED) is 0.525. The lowest BCUT2D eigenvalue weighted by atomic mass is 10.4. The Labute approximate surface area is 53.9 Å². The van der Waals surface area contributed by atoms with E-state index in [9.17, 15) is 4.79 Å². The maximum absolute atomic E-state index is 10.7. The maximum atomic E-state index is 10.7. The van der Waals surface area contributed by atoms with Gasteiger partial charge in [0, 0.05) is 12.7 Å². The van der Waals surface area contributed by atoms with Gasteiger partial charge in [0.1, 0.15) is 0 Å². The Morgan fingerprint density at radius 1 is 1.78 bits per heavy atom. The van der Waals surface area contributed by atoms with Crippen molar-refractivity contribution in [3.8, 4) is 0 Å². The summed E-state index contributed by atoms with van der Waals surface area (Å²) in [4.78, 5) is 12.1. The summed E-state index contributed by atoms with van der Waals surface area (Å²) >= 11 is 0. The first kappa shape index (κ1) is 6.13. The predicted molar refractivity (Wildman–Crippen MR) is 32.9 cm³/mol. The number of hydrogen-bond acceptors (Lipinski definition) is 2. The molecule has 0 spiro atoms. The van der Waals surface area contributed by atoms with Crippen LogP contribution in [0.2, 0.25) is 0 Å². The van der Waals surface area contributed by atoms with Crippen LogP contribution in [-0.4, -0.2) is 24.1 Å². The van der Waals surface area contributed by atoms with Crippen molar-refractivity contribution in [2.24, 2.45) is 0 Å². The van der Waals surface area contributed by atoms with Gasteiger partial charge in [-0.1, -0.05) is 6.58 Å². The van der Waals surface area contributed by atoms with Gasteiger partial charge in [-0.3, -0.25) is 4.90 Å². The standard InChI is InChI=1S/C6H9NO2/c1-2-7-4-3-5-9-6(7)8/h2H,1,3-5H2. The van der Waals surface area contributed by atoms with Crippen molar-refractivity contribution < 1.29 is 9.53 Å². The zero-order chi connectivity index (χ0) is 6.69. The lowest BCUT2D eigenvalue weighted by Crippen LogP contribution is -2.33. The fourth-order valence-corrected chi connectivity index (χ4v) is 0.734. The van der Waals surface area contributed by atoms with E-state index in [1.54, 1.807) is 0 Å². The first-order chi connectivity index (χ1) is 4.34. The Morgan fingerprint density at radius 2 is 2.56 bits per heavy atom. The van der Waals surface area contributed by atoms with Gasteiger partial charge in [0.2, 0.25) is 0 Å². The average molecular weight is 127 g/mol. The van der Waals surface area contributed by atoms with Gasteiger partial charge >= 0.3 is 6.09 Å². The van der Waals surface area contributed by atoms with Gasteiger partial charge in [-0.05, 0) is 6.42 Å². The van der Waals surface area contributed by atoms with Gasteiger partial charge in [0.25, 0.3) is 0 Å². The van der Waals surface area contributed by atoms with E-state index in [0.29, 0.717) is 6.61 Å². The molecule has 0 N–H and O–H groups in total. The molecule has 0 atom stereocenters. The summed E-state index contributed by atoms with van der Waals surface area (Å²) in [5.74, 6) is 0. The molecular weight excluding hydrogens is 118 g/mol. The number of amides is 1. The van der Waals surface area contributed by atoms with E-state index in [1.807, 2.05) is 0 Å². The van der Waals surface area contributed by atoms with E-state index < -0.39 is 0 Å². The number of carbonyl (C=O) groups excluding carboxylic acids is 1. The SMILES string of the molecule is C=CN1CCCOC1=O. The first-order valence-electron chi connectivity index (χ1n) is 2.90. The molecule has 0 radical (unpaired) electrons. The Morgan fingerprint density at radius 3 is 3.00 bits per heavy atom. The van der Waals surface area contributed by atoms with E-state index in [1.165, 1.54) is 11.1 Å². The van der Waals surface area contributed by atoms with Gasteiger partial charge in [-0.15, -0.1) is 0 Å². The second kappa shape index (κ2) is 2.53. The van der Waals surface area contributed by atoms with Crippen molar-refractivity contribution in [2.75, 3.05) is 13.2 Å². The molecule has 9 heavy (non-hydrogen) atoms. The normalized spacial score (nSPS) is 19.1. The minimum absolute atomic E-state index is 0.281. The van der Waals surface area contributed by atoms with Crippen molar-refractivity contribution in [1.29, 1.82) is 0 Å². The summed E-state index contributed by atoms with van der Waals surface area (Å²) in [5, 5.41) is 0. The molecule has 0 bridgehead atoms. The first-order valence-corrected chi connectivity index (χ1v) is 2.90. The second-order valence-electron chi connectivity index (χ2n) is 1.84. The lowest BCUT2D eigenvalue weighted by Gasteiger charge is -2.21. The number of rotatable bonds is 1. The third-order valence-electron chi connectivity index (χ3n) is 1.22. The fourth-order valence-electron chi connectivity index (χ4n) is 0.734. The zero-order valence-corrected chi connectivity index (χ0v) is 5.17. The van der Waals surface area contributed by atoms with Crippen LogP contribution >= 0.6 is 0 Å². The molecule has 1 heterocycles. The Kier molecular flexibility index (Phi) is 1.72. The van der Waals surface area contributed by atoms with Crippen LogP contribution in [0.3, 0.4) is 0 Å². The zero-order valence-electron chi connectivity index (χ0n) is 5.17. The van der Waals surface area contributed by atoms with Crippen LogP contribution in [0.4, 0.5) is 4.79 Å². The van der Waals surface area contributed by atoms with Gasteiger partial charge in [-0.25, -0.2) is 4.79 Å². The smallest absolute Gasteiger partial charge is 0.413 e. The molecule has 3 nitrogen and oxygen atoms in total. The van der Waals surface area contributed by atoms with Crippen molar-refractivity contribution in [3.05, 3.63) is 12.8 Å². The monoisotopic (exact) mass is 127 g/mol. The number of ether oxygens (including phenoxy) is 1. The molecule has 0 unspecified atom stereocenters. The van der Waals surface area contributed by atoms with Gasteiger partial charge in [-0.2, -0.15) is 0 Å². The summed E-state index contributed by atoms with van der Waals surface area (Å²) < 4.78 is 4.70.